The number of anilines is 1. The van der Waals surface area contributed by atoms with Crippen LogP contribution in [0.25, 0.3) is 0 Å². The maximum Gasteiger partial charge on any atom is 0.202 e. The molecular formula is C18H21NO2. The molecule has 0 bridgehead atoms. The third kappa shape index (κ3) is 3.19. The first-order chi connectivity index (χ1) is 10.3. The summed E-state index contributed by atoms with van der Waals surface area (Å²) in [5, 5.41) is 3.59. The molecule has 2 aromatic carbocycles. The van der Waals surface area contributed by atoms with Crippen molar-refractivity contribution in [3.8, 4) is 5.75 Å². The summed E-state index contributed by atoms with van der Waals surface area (Å²) in [6.07, 6.45) is 0.617. The van der Waals surface area contributed by atoms with Crippen molar-refractivity contribution in [2.24, 2.45) is 0 Å². The Bertz CT molecular complexity index is 594. The Morgan fingerprint density at radius 3 is 2.67 bits per heavy atom. The minimum Gasteiger partial charge on any atom is -0.464 e. The predicted molar refractivity (Wildman–Crippen MR) is 84.6 cm³/mol. The van der Waals surface area contributed by atoms with E-state index in [1.54, 1.807) is 0 Å². The minimum atomic E-state index is -0.187. The lowest BCUT2D eigenvalue weighted by molar-refractivity contribution is -0.0900. The van der Waals surface area contributed by atoms with Crippen LogP contribution < -0.4 is 10.1 Å². The van der Waals surface area contributed by atoms with Gasteiger partial charge in [-0.15, -0.1) is 0 Å². The van der Waals surface area contributed by atoms with E-state index in [4.69, 9.17) is 9.47 Å². The average Bonchev–Trinajstić information content (AvgIpc) is 2.50. The Balaban J connectivity index is 1.84. The van der Waals surface area contributed by atoms with Crippen LogP contribution in [0.4, 0.5) is 5.69 Å². The lowest BCUT2D eigenvalue weighted by atomic mass is 9.99. The fourth-order valence-electron chi connectivity index (χ4n) is 2.66. The van der Waals surface area contributed by atoms with Crippen molar-refractivity contribution in [1.29, 1.82) is 0 Å². The quantitative estimate of drug-likeness (QED) is 0.907. The second kappa shape index (κ2) is 6.19. The van der Waals surface area contributed by atoms with Crippen molar-refractivity contribution in [2.45, 2.75) is 32.6 Å². The van der Waals surface area contributed by atoms with Crippen LogP contribution in [-0.4, -0.2) is 12.9 Å². The van der Waals surface area contributed by atoms with E-state index in [-0.39, 0.29) is 12.3 Å². The van der Waals surface area contributed by atoms with Crippen molar-refractivity contribution < 1.29 is 9.47 Å². The monoisotopic (exact) mass is 283 g/mol. The number of hydrogen-bond acceptors (Lipinski definition) is 3. The molecule has 1 heterocycles. The van der Waals surface area contributed by atoms with Crippen molar-refractivity contribution >= 4 is 5.69 Å². The first-order valence-corrected chi connectivity index (χ1v) is 7.46. The van der Waals surface area contributed by atoms with E-state index < -0.39 is 0 Å². The Morgan fingerprint density at radius 1 is 1.14 bits per heavy atom. The van der Waals surface area contributed by atoms with Crippen molar-refractivity contribution in [3.05, 3.63) is 59.7 Å². The van der Waals surface area contributed by atoms with Gasteiger partial charge >= 0.3 is 0 Å². The summed E-state index contributed by atoms with van der Waals surface area (Å²) >= 11 is 0. The molecule has 21 heavy (non-hydrogen) atoms. The Morgan fingerprint density at radius 2 is 1.90 bits per heavy atom. The van der Waals surface area contributed by atoms with E-state index in [2.05, 4.69) is 42.6 Å². The van der Waals surface area contributed by atoms with Crippen molar-refractivity contribution in [2.75, 3.05) is 11.9 Å². The lowest BCUT2D eigenvalue weighted by Gasteiger charge is -2.32. The molecule has 0 fully saturated rings. The molecule has 0 aromatic heterocycles. The largest absolute Gasteiger partial charge is 0.464 e. The van der Waals surface area contributed by atoms with E-state index in [1.165, 1.54) is 11.1 Å². The standard InChI is InChI=1S/C18H21NO2/c1-3-20-18-12-16(15-6-4-5-7-17(15)21-18)19-14-10-8-13(2)9-11-14/h4-11,16,18-19H,3,12H2,1-2H3/t16-,18-/m0/s1. The summed E-state index contributed by atoms with van der Waals surface area (Å²) in [5.74, 6) is 0.909. The molecule has 0 saturated heterocycles. The molecule has 3 rings (SSSR count). The fourth-order valence-corrected chi connectivity index (χ4v) is 2.66. The molecule has 110 valence electrons. The number of rotatable bonds is 4. The number of fused-ring (bicyclic) bond motifs is 1. The molecule has 1 N–H and O–H groups in total. The molecule has 0 amide bonds. The molecule has 2 aromatic rings. The van der Waals surface area contributed by atoms with Crippen LogP contribution in [0.5, 0.6) is 5.75 Å². The average molecular weight is 283 g/mol. The van der Waals surface area contributed by atoms with E-state index in [1.807, 2.05) is 25.1 Å². The smallest absolute Gasteiger partial charge is 0.202 e. The zero-order valence-corrected chi connectivity index (χ0v) is 12.5. The van der Waals surface area contributed by atoms with Crippen LogP contribution in [0, 0.1) is 6.92 Å². The highest BCUT2D eigenvalue weighted by Crippen LogP contribution is 2.37. The van der Waals surface area contributed by atoms with Gasteiger partial charge in [0.1, 0.15) is 5.75 Å². The van der Waals surface area contributed by atoms with Gasteiger partial charge in [-0.2, -0.15) is 0 Å². The highest BCUT2D eigenvalue weighted by atomic mass is 16.7. The first-order valence-electron chi connectivity index (χ1n) is 7.46. The van der Waals surface area contributed by atoms with Gasteiger partial charge in [0, 0.05) is 24.3 Å². The zero-order valence-electron chi connectivity index (χ0n) is 12.5. The minimum absolute atomic E-state index is 0.187. The predicted octanol–water partition coefficient (Wildman–Crippen LogP) is 4.29. The van der Waals surface area contributed by atoms with Crippen LogP contribution in [0.1, 0.15) is 30.5 Å². The Kier molecular flexibility index (Phi) is 4.11. The molecule has 1 aliphatic heterocycles. The van der Waals surface area contributed by atoms with Crippen LogP contribution in [0.2, 0.25) is 0 Å². The molecule has 0 spiro atoms. The molecule has 0 aliphatic carbocycles. The molecular weight excluding hydrogens is 262 g/mol. The van der Waals surface area contributed by atoms with Crippen LogP contribution in [-0.2, 0) is 4.74 Å². The third-order valence-corrected chi connectivity index (χ3v) is 3.73. The molecule has 0 saturated carbocycles. The SMILES string of the molecule is CCO[C@@H]1C[C@H](Nc2ccc(C)cc2)c2ccccc2O1. The van der Waals surface area contributed by atoms with Gasteiger partial charge in [0.05, 0.1) is 6.04 Å². The van der Waals surface area contributed by atoms with Gasteiger partial charge < -0.3 is 14.8 Å². The zero-order chi connectivity index (χ0) is 14.7. The molecule has 0 radical (unpaired) electrons. The second-order valence-electron chi connectivity index (χ2n) is 5.34. The number of ether oxygens (including phenoxy) is 2. The number of hydrogen-bond donors (Lipinski definition) is 1. The summed E-state index contributed by atoms with van der Waals surface area (Å²) in [5.41, 5.74) is 3.58. The maximum atomic E-state index is 5.90. The molecule has 2 atom stereocenters. The number of benzene rings is 2. The van der Waals surface area contributed by atoms with Gasteiger partial charge in [-0.05, 0) is 32.0 Å². The van der Waals surface area contributed by atoms with E-state index in [9.17, 15) is 0 Å². The van der Waals surface area contributed by atoms with Gasteiger partial charge in [-0.1, -0.05) is 35.9 Å². The van der Waals surface area contributed by atoms with E-state index in [0.29, 0.717) is 6.61 Å². The number of para-hydroxylation sites is 1. The van der Waals surface area contributed by atoms with Gasteiger partial charge in [-0.3, -0.25) is 0 Å². The third-order valence-electron chi connectivity index (χ3n) is 3.73. The summed E-state index contributed by atoms with van der Waals surface area (Å²) in [6.45, 7) is 4.75. The lowest BCUT2D eigenvalue weighted by Crippen LogP contribution is -2.31. The summed E-state index contributed by atoms with van der Waals surface area (Å²) in [7, 11) is 0. The molecule has 3 heteroatoms. The first kappa shape index (κ1) is 14.0. The van der Waals surface area contributed by atoms with Crippen molar-refractivity contribution in [1.82, 2.24) is 0 Å². The summed E-state index contributed by atoms with van der Waals surface area (Å²) < 4.78 is 11.6. The summed E-state index contributed by atoms with van der Waals surface area (Å²) in [4.78, 5) is 0. The Labute approximate surface area is 125 Å². The van der Waals surface area contributed by atoms with Crippen LogP contribution in [0.15, 0.2) is 48.5 Å². The van der Waals surface area contributed by atoms with Crippen LogP contribution >= 0.6 is 0 Å². The highest BCUT2D eigenvalue weighted by Gasteiger charge is 2.28. The van der Waals surface area contributed by atoms with E-state index >= 15 is 0 Å². The number of nitrogens with one attached hydrogen (secondary N) is 1. The van der Waals surface area contributed by atoms with Gasteiger partial charge in [0.2, 0.25) is 6.29 Å². The summed E-state index contributed by atoms with van der Waals surface area (Å²) in [6, 6.07) is 16.8. The van der Waals surface area contributed by atoms with E-state index in [0.717, 1.165) is 17.9 Å². The molecule has 1 aliphatic rings. The number of aryl methyl sites for hydroxylation is 1. The normalized spacial score (nSPS) is 20.5. The molecule has 3 nitrogen and oxygen atoms in total. The van der Waals surface area contributed by atoms with Gasteiger partial charge in [-0.25, -0.2) is 0 Å². The Hall–Kier alpha value is -2.00. The maximum absolute atomic E-state index is 5.90. The van der Waals surface area contributed by atoms with Crippen molar-refractivity contribution in [3.63, 3.8) is 0 Å². The van der Waals surface area contributed by atoms with Gasteiger partial charge in [0.25, 0.3) is 0 Å². The fraction of sp³-hybridized carbons (Fsp3) is 0.333. The highest BCUT2D eigenvalue weighted by molar-refractivity contribution is 5.49. The van der Waals surface area contributed by atoms with Gasteiger partial charge in [0.15, 0.2) is 0 Å². The second-order valence-corrected chi connectivity index (χ2v) is 5.34. The van der Waals surface area contributed by atoms with Crippen LogP contribution in [0.3, 0.4) is 0 Å². The topological polar surface area (TPSA) is 30.5 Å². The molecule has 0 unspecified atom stereocenters.